The molecule has 0 aliphatic rings. The third-order valence-corrected chi connectivity index (χ3v) is 3.18. The minimum absolute atomic E-state index is 0.0970. The van der Waals surface area contributed by atoms with Crippen molar-refractivity contribution in [2.45, 2.75) is 6.61 Å². The minimum Gasteiger partial charge on any atom is -0.489 e. The topological polar surface area (TPSA) is 89.9 Å². The van der Waals surface area contributed by atoms with Crippen molar-refractivity contribution in [1.82, 2.24) is 0 Å². The molecule has 0 aromatic heterocycles. The Labute approximate surface area is 134 Å². The normalized spacial score (nSPS) is 11.1. The lowest BCUT2D eigenvalue weighted by Crippen LogP contribution is -2.06. The molecule has 0 heterocycles. The summed E-state index contributed by atoms with van der Waals surface area (Å²) in [5, 5.41) is 8.69. The molecule has 0 unspecified atom stereocenters. The first-order chi connectivity index (χ1) is 11.2. The van der Waals surface area contributed by atoms with Crippen LogP contribution in [0.2, 0.25) is 0 Å². The molecular formula is C14H9F3O6S. The standard InChI is InChI=1S/C14H9F3O6S/c15-12-5-8(14(18)19)6-13(16)11(12)7-22-9-1-3-10(4-2-9)23-24(17,20)21/h1-6H,7H2,(H,18,19). The van der Waals surface area contributed by atoms with Gasteiger partial charge in [0.1, 0.15) is 29.7 Å². The van der Waals surface area contributed by atoms with Gasteiger partial charge < -0.3 is 14.0 Å². The molecule has 0 saturated carbocycles. The van der Waals surface area contributed by atoms with Crippen LogP contribution < -0.4 is 8.92 Å². The van der Waals surface area contributed by atoms with Gasteiger partial charge in [0, 0.05) is 0 Å². The van der Waals surface area contributed by atoms with Crippen molar-refractivity contribution in [3.05, 3.63) is 59.2 Å². The summed E-state index contributed by atoms with van der Waals surface area (Å²) in [4.78, 5) is 10.7. The van der Waals surface area contributed by atoms with Gasteiger partial charge >= 0.3 is 16.5 Å². The van der Waals surface area contributed by atoms with Crippen LogP contribution >= 0.6 is 0 Å². The summed E-state index contributed by atoms with van der Waals surface area (Å²) in [6.07, 6.45) is 0. The highest BCUT2D eigenvalue weighted by molar-refractivity contribution is 7.81. The highest BCUT2D eigenvalue weighted by Gasteiger charge is 2.15. The van der Waals surface area contributed by atoms with Crippen LogP contribution in [0.4, 0.5) is 12.7 Å². The van der Waals surface area contributed by atoms with Crippen molar-refractivity contribution in [2.24, 2.45) is 0 Å². The van der Waals surface area contributed by atoms with E-state index >= 15 is 0 Å². The van der Waals surface area contributed by atoms with Gasteiger partial charge in [0.05, 0.1) is 11.1 Å². The van der Waals surface area contributed by atoms with E-state index in [2.05, 4.69) is 4.18 Å². The lowest BCUT2D eigenvalue weighted by Gasteiger charge is -2.09. The summed E-state index contributed by atoms with van der Waals surface area (Å²) in [7, 11) is -5.16. The molecule has 2 aromatic rings. The maximum atomic E-state index is 13.7. The fraction of sp³-hybridized carbons (Fsp3) is 0.0714. The summed E-state index contributed by atoms with van der Waals surface area (Å²) in [5.74, 6) is -3.86. The first-order valence-corrected chi connectivity index (χ1v) is 7.55. The van der Waals surface area contributed by atoms with Crippen LogP contribution in [0.3, 0.4) is 0 Å². The average Bonchev–Trinajstić information content (AvgIpc) is 2.46. The first kappa shape index (κ1) is 17.6. The zero-order valence-corrected chi connectivity index (χ0v) is 12.5. The average molecular weight is 362 g/mol. The number of carboxylic acids is 1. The van der Waals surface area contributed by atoms with Crippen molar-refractivity contribution in [2.75, 3.05) is 0 Å². The van der Waals surface area contributed by atoms with Crippen molar-refractivity contribution in [1.29, 1.82) is 0 Å². The molecule has 10 heteroatoms. The van der Waals surface area contributed by atoms with E-state index in [1.165, 1.54) is 12.1 Å². The molecule has 6 nitrogen and oxygen atoms in total. The van der Waals surface area contributed by atoms with Gasteiger partial charge in [-0.1, -0.05) is 3.89 Å². The zero-order chi connectivity index (χ0) is 17.9. The summed E-state index contributed by atoms with van der Waals surface area (Å²) in [6.45, 7) is -0.542. The highest BCUT2D eigenvalue weighted by Crippen LogP contribution is 2.22. The third kappa shape index (κ3) is 4.62. The van der Waals surface area contributed by atoms with Crippen LogP contribution in [0.25, 0.3) is 0 Å². The van der Waals surface area contributed by atoms with Crippen molar-refractivity contribution in [3.8, 4) is 11.5 Å². The van der Waals surface area contributed by atoms with E-state index in [1.807, 2.05) is 0 Å². The molecule has 24 heavy (non-hydrogen) atoms. The fourth-order valence-electron chi connectivity index (χ4n) is 1.73. The first-order valence-electron chi connectivity index (χ1n) is 6.24. The second-order valence-electron chi connectivity index (χ2n) is 4.46. The Balaban J connectivity index is 2.10. The van der Waals surface area contributed by atoms with Crippen LogP contribution in [0, 0.1) is 11.6 Å². The number of ether oxygens (including phenoxy) is 1. The maximum absolute atomic E-state index is 13.7. The lowest BCUT2D eigenvalue weighted by atomic mass is 10.1. The highest BCUT2D eigenvalue weighted by atomic mass is 32.3. The molecule has 0 saturated heterocycles. The van der Waals surface area contributed by atoms with E-state index in [4.69, 9.17) is 9.84 Å². The zero-order valence-electron chi connectivity index (χ0n) is 11.7. The van der Waals surface area contributed by atoms with Crippen LogP contribution in [0.5, 0.6) is 11.5 Å². The number of carbonyl (C=O) groups is 1. The lowest BCUT2D eigenvalue weighted by molar-refractivity contribution is 0.0695. The predicted molar refractivity (Wildman–Crippen MR) is 74.7 cm³/mol. The molecule has 128 valence electrons. The van der Waals surface area contributed by atoms with E-state index in [1.54, 1.807) is 0 Å². The largest absolute Gasteiger partial charge is 0.489 e. The Morgan fingerprint density at radius 3 is 2.00 bits per heavy atom. The Bertz CT molecular complexity index is 842. The molecule has 0 radical (unpaired) electrons. The van der Waals surface area contributed by atoms with Crippen molar-refractivity contribution in [3.63, 3.8) is 0 Å². The van der Waals surface area contributed by atoms with Gasteiger partial charge in [0.15, 0.2) is 0 Å². The van der Waals surface area contributed by atoms with Gasteiger partial charge in [0.2, 0.25) is 0 Å². The molecular weight excluding hydrogens is 353 g/mol. The number of rotatable bonds is 6. The molecule has 1 N–H and O–H groups in total. The quantitative estimate of drug-likeness (QED) is 0.795. The molecule has 0 aliphatic carbocycles. The van der Waals surface area contributed by atoms with Crippen LogP contribution in [0.15, 0.2) is 36.4 Å². The summed E-state index contributed by atoms with van der Waals surface area (Å²) in [6, 6.07) is 5.86. The Hall–Kier alpha value is -2.75. The van der Waals surface area contributed by atoms with Gasteiger partial charge in [-0.15, -0.1) is 0 Å². The summed E-state index contributed by atoms with van der Waals surface area (Å²) < 4.78 is 69.4. The van der Waals surface area contributed by atoms with E-state index < -0.39 is 45.8 Å². The molecule has 2 aromatic carbocycles. The van der Waals surface area contributed by atoms with Gasteiger partial charge in [-0.25, -0.2) is 13.6 Å². The van der Waals surface area contributed by atoms with Gasteiger partial charge in [-0.05, 0) is 36.4 Å². The second kappa shape index (κ2) is 6.79. The monoisotopic (exact) mass is 362 g/mol. The van der Waals surface area contributed by atoms with E-state index in [9.17, 15) is 25.9 Å². The van der Waals surface area contributed by atoms with Gasteiger partial charge in [-0.2, -0.15) is 8.42 Å². The Morgan fingerprint density at radius 2 is 1.54 bits per heavy atom. The van der Waals surface area contributed by atoms with Gasteiger partial charge in [0.25, 0.3) is 0 Å². The van der Waals surface area contributed by atoms with Gasteiger partial charge in [-0.3, -0.25) is 0 Å². The molecule has 0 amide bonds. The smallest absolute Gasteiger partial charge is 0.488 e. The molecule has 0 aliphatic heterocycles. The SMILES string of the molecule is O=C(O)c1cc(F)c(COc2ccc(OS(=O)(=O)F)cc2)c(F)c1. The summed E-state index contributed by atoms with van der Waals surface area (Å²) >= 11 is 0. The third-order valence-electron chi connectivity index (χ3n) is 2.79. The Kier molecular flexibility index (Phi) is 4.98. The van der Waals surface area contributed by atoms with Crippen molar-refractivity contribution < 1.29 is 39.9 Å². The number of carboxylic acid groups (broad SMARTS) is 1. The van der Waals surface area contributed by atoms with Crippen LogP contribution in [0.1, 0.15) is 15.9 Å². The van der Waals surface area contributed by atoms with Crippen LogP contribution in [-0.4, -0.2) is 19.5 Å². The molecule has 0 atom stereocenters. The molecule has 0 spiro atoms. The predicted octanol–water partition coefficient (Wildman–Crippen LogP) is 2.84. The number of hydrogen-bond donors (Lipinski definition) is 1. The van der Waals surface area contributed by atoms with E-state index in [0.717, 1.165) is 12.1 Å². The molecule has 2 rings (SSSR count). The van der Waals surface area contributed by atoms with E-state index in [0.29, 0.717) is 12.1 Å². The van der Waals surface area contributed by atoms with E-state index in [-0.39, 0.29) is 11.5 Å². The maximum Gasteiger partial charge on any atom is 0.488 e. The Morgan fingerprint density at radius 1 is 1.04 bits per heavy atom. The molecule has 0 fully saturated rings. The minimum atomic E-state index is -5.16. The number of hydrogen-bond acceptors (Lipinski definition) is 5. The second-order valence-corrected chi connectivity index (χ2v) is 5.41. The number of benzene rings is 2. The number of halogens is 3. The fourth-order valence-corrected chi connectivity index (χ4v) is 2.07. The summed E-state index contributed by atoms with van der Waals surface area (Å²) in [5.41, 5.74) is -1.02. The van der Waals surface area contributed by atoms with Crippen molar-refractivity contribution >= 4 is 16.5 Å². The van der Waals surface area contributed by atoms with Crippen LogP contribution in [-0.2, 0) is 17.1 Å². The number of aromatic carboxylic acids is 1. The molecule has 0 bridgehead atoms.